The zero-order chi connectivity index (χ0) is 16.6. The van der Waals surface area contributed by atoms with Gasteiger partial charge in [-0.05, 0) is 55.5 Å². The molecule has 0 bridgehead atoms. The summed E-state index contributed by atoms with van der Waals surface area (Å²) in [6, 6.07) is 7.50. The molecule has 24 heavy (non-hydrogen) atoms. The first kappa shape index (κ1) is 18.1. The van der Waals surface area contributed by atoms with Crippen LogP contribution in [0.3, 0.4) is 0 Å². The molecule has 3 rings (SSSR count). The zero-order valence-corrected chi connectivity index (χ0v) is 14.7. The van der Waals surface area contributed by atoms with Crippen LogP contribution in [0.1, 0.15) is 57.8 Å². The van der Waals surface area contributed by atoms with E-state index in [1.165, 1.54) is 12.5 Å². The second kappa shape index (κ2) is 7.09. The second-order valence-electron chi connectivity index (χ2n) is 6.16. The van der Waals surface area contributed by atoms with E-state index >= 15 is 0 Å². The van der Waals surface area contributed by atoms with Gasteiger partial charge in [-0.3, -0.25) is 9.59 Å². The van der Waals surface area contributed by atoms with Gasteiger partial charge in [-0.2, -0.15) is 0 Å². The van der Waals surface area contributed by atoms with Crippen LogP contribution in [0.15, 0.2) is 30.5 Å². The van der Waals surface area contributed by atoms with Crippen molar-refractivity contribution >= 4 is 29.8 Å². The predicted molar refractivity (Wildman–Crippen MR) is 96.7 cm³/mol. The number of hydrogen-bond donors (Lipinski definition) is 2. The van der Waals surface area contributed by atoms with Crippen molar-refractivity contribution in [1.29, 1.82) is 0 Å². The second-order valence-corrected chi connectivity index (χ2v) is 6.16. The molecule has 1 amide bonds. The number of nitrogens with zero attached hydrogens (tertiary/aromatic N) is 1. The van der Waals surface area contributed by atoms with Gasteiger partial charge in [0.15, 0.2) is 5.78 Å². The van der Waals surface area contributed by atoms with E-state index in [0.717, 1.165) is 30.5 Å². The molecule has 1 aromatic heterocycles. The number of nitrogens with one attached hydrogen (secondary N) is 1. The number of halogens is 1. The summed E-state index contributed by atoms with van der Waals surface area (Å²) in [6.07, 6.45) is 4.61. The van der Waals surface area contributed by atoms with Crippen LogP contribution in [0.25, 0.3) is 0 Å². The van der Waals surface area contributed by atoms with E-state index in [0.29, 0.717) is 11.3 Å². The van der Waals surface area contributed by atoms with Crippen LogP contribution in [-0.4, -0.2) is 16.3 Å². The van der Waals surface area contributed by atoms with Gasteiger partial charge < -0.3 is 15.6 Å². The molecule has 0 aliphatic heterocycles. The first-order chi connectivity index (χ1) is 11.0. The normalized spacial score (nSPS) is 16.0. The Kier molecular flexibility index (Phi) is 5.34. The molecule has 0 fully saturated rings. The van der Waals surface area contributed by atoms with Gasteiger partial charge in [0.2, 0.25) is 0 Å². The van der Waals surface area contributed by atoms with Crippen LogP contribution >= 0.6 is 12.4 Å². The maximum Gasteiger partial charge on any atom is 0.268 e. The van der Waals surface area contributed by atoms with Gasteiger partial charge in [0, 0.05) is 24.5 Å². The first-order valence-corrected chi connectivity index (χ1v) is 7.82. The summed E-state index contributed by atoms with van der Waals surface area (Å²) in [5.41, 5.74) is 10.00. The van der Waals surface area contributed by atoms with Crippen molar-refractivity contribution < 1.29 is 9.59 Å². The summed E-state index contributed by atoms with van der Waals surface area (Å²) in [7, 11) is 1.77. The number of ketones is 1. The Labute approximate surface area is 147 Å². The molecule has 1 aliphatic rings. The van der Waals surface area contributed by atoms with Crippen molar-refractivity contribution in [3.05, 3.63) is 52.8 Å². The SMILES string of the molecule is CC(=O)c1cc(C(=O)NC2CCCc3cc(N)ccc32)n(C)c1.Cl. The third-order valence-electron chi connectivity index (χ3n) is 4.43. The average Bonchev–Trinajstić information content (AvgIpc) is 2.89. The van der Waals surface area contributed by atoms with Crippen molar-refractivity contribution in [3.63, 3.8) is 0 Å². The largest absolute Gasteiger partial charge is 0.399 e. The Morgan fingerprint density at radius 1 is 1.29 bits per heavy atom. The standard InChI is InChI=1S/C18H21N3O2.ClH/c1-11(22)13-9-17(21(2)10-13)18(23)20-16-5-3-4-12-8-14(19)6-7-15(12)16;/h6-10,16H,3-5,19H2,1-2H3,(H,20,23);1H. The third kappa shape index (κ3) is 3.46. The maximum absolute atomic E-state index is 12.6. The quantitative estimate of drug-likeness (QED) is 0.661. The van der Waals surface area contributed by atoms with Gasteiger partial charge in [-0.1, -0.05) is 6.07 Å². The van der Waals surface area contributed by atoms with E-state index in [9.17, 15) is 9.59 Å². The minimum absolute atomic E-state index is 0. The van der Waals surface area contributed by atoms with E-state index < -0.39 is 0 Å². The Bertz CT molecular complexity index is 783. The smallest absolute Gasteiger partial charge is 0.268 e. The molecule has 2 aromatic rings. The molecule has 0 radical (unpaired) electrons. The number of hydrogen-bond acceptors (Lipinski definition) is 3. The minimum Gasteiger partial charge on any atom is -0.399 e. The number of Topliss-reactive ketones (excluding diaryl/α,β-unsaturated/α-hetero) is 1. The van der Waals surface area contributed by atoms with E-state index in [4.69, 9.17) is 5.73 Å². The molecule has 1 unspecified atom stereocenters. The molecule has 128 valence electrons. The van der Waals surface area contributed by atoms with Crippen molar-refractivity contribution in [2.75, 3.05) is 5.73 Å². The van der Waals surface area contributed by atoms with Gasteiger partial charge in [0.05, 0.1) is 6.04 Å². The molecule has 1 aliphatic carbocycles. The number of carbonyl (C=O) groups is 2. The number of amides is 1. The summed E-state index contributed by atoms with van der Waals surface area (Å²) in [4.78, 5) is 24.0. The zero-order valence-electron chi connectivity index (χ0n) is 13.8. The number of nitrogen functional groups attached to an aromatic ring is 1. The van der Waals surface area contributed by atoms with Crippen LogP contribution in [0.5, 0.6) is 0 Å². The van der Waals surface area contributed by atoms with Crippen LogP contribution in [-0.2, 0) is 13.5 Å². The molecule has 0 saturated heterocycles. The van der Waals surface area contributed by atoms with Crippen molar-refractivity contribution in [2.45, 2.75) is 32.2 Å². The molecule has 0 spiro atoms. The summed E-state index contributed by atoms with van der Waals surface area (Å²) < 4.78 is 1.69. The molecule has 1 atom stereocenters. The number of benzene rings is 1. The van der Waals surface area contributed by atoms with Gasteiger partial charge in [0.1, 0.15) is 5.69 Å². The molecular weight excluding hydrogens is 326 g/mol. The van der Waals surface area contributed by atoms with Crippen molar-refractivity contribution in [3.8, 4) is 0 Å². The van der Waals surface area contributed by atoms with E-state index in [1.807, 2.05) is 18.2 Å². The number of nitrogens with two attached hydrogens (primary N) is 1. The minimum atomic E-state index is -0.158. The van der Waals surface area contributed by atoms with Crippen LogP contribution < -0.4 is 11.1 Å². The summed E-state index contributed by atoms with van der Waals surface area (Å²) in [5, 5.41) is 3.09. The fraction of sp³-hybridized carbons (Fsp3) is 0.333. The number of carbonyl (C=O) groups excluding carboxylic acids is 2. The molecule has 1 heterocycles. The lowest BCUT2D eigenvalue weighted by Crippen LogP contribution is -2.32. The highest BCUT2D eigenvalue weighted by atomic mass is 35.5. The highest BCUT2D eigenvalue weighted by Gasteiger charge is 2.23. The lowest BCUT2D eigenvalue weighted by molar-refractivity contribution is 0.0924. The Morgan fingerprint density at radius 2 is 2.04 bits per heavy atom. The van der Waals surface area contributed by atoms with Gasteiger partial charge in [-0.25, -0.2) is 0 Å². The van der Waals surface area contributed by atoms with E-state index in [2.05, 4.69) is 5.32 Å². The lowest BCUT2D eigenvalue weighted by atomic mass is 9.87. The molecule has 1 aromatic carbocycles. The fourth-order valence-electron chi connectivity index (χ4n) is 3.20. The Morgan fingerprint density at radius 3 is 2.71 bits per heavy atom. The van der Waals surface area contributed by atoms with E-state index in [-0.39, 0.29) is 30.1 Å². The number of anilines is 1. The monoisotopic (exact) mass is 347 g/mol. The molecular formula is C18H22ClN3O2. The van der Waals surface area contributed by atoms with Gasteiger partial charge >= 0.3 is 0 Å². The number of rotatable bonds is 3. The number of fused-ring (bicyclic) bond motifs is 1. The average molecular weight is 348 g/mol. The number of aryl methyl sites for hydroxylation is 2. The highest BCUT2D eigenvalue weighted by Crippen LogP contribution is 2.31. The van der Waals surface area contributed by atoms with E-state index in [1.54, 1.807) is 23.9 Å². The van der Waals surface area contributed by atoms with Crippen LogP contribution in [0, 0.1) is 0 Å². The fourth-order valence-corrected chi connectivity index (χ4v) is 3.20. The lowest BCUT2D eigenvalue weighted by Gasteiger charge is -2.26. The molecule has 6 heteroatoms. The van der Waals surface area contributed by atoms with Crippen molar-refractivity contribution in [2.24, 2.45) is 7.05 Å². The van der Waals surface area contributed by atoms with Gasteiger partial charge in [0.25, 0.3) is 5.91 Å². The first-order valence-electron chi connectivity index (χ1n) is 7.82. The summed E-state index contributed by atoms with van der Waals surface area (Å²) >= 11 is 0. The number of aromatic nitrogens is 1. The predicted octanol–water partition coefficient (Wildman–Crippen LogP) is 3.04. The topological polar surface area (TPSA) is 77.1 Å². The van der Waals surface area contributed by atoms with Gasteiger partial charge in [-0.15, -0.1) is 12.4 Å². The van der Waals surface area contributed by atoms with Crippen LogP contribution in [0.2, 0.25) is 0 Å². The molecule has 5 nitrogen and oxygen atoms in total. The summed E-state index contributed by atoms with van der Waals surface area (Å²) in [6.45, 7) is 1.50. The maximum atomic E-state index is 12.6. The summed E-state index contributed by atoms with van der Waals surface area (Å²) in [5.74, 6) is -0.201. The van der Waals surface area contributed by atoms with Crippen molar-refractivity contribution in [1.82, 2.24) is 9.88 Å². The third-order valence-corrected chi connectivity index (χ3v) is 4.43. The Balaban J connectivity index is 0.00000208. The molecule has 3 N–H and O–H groups in total. The molecule has 0 saturated carbocycles. The Hall–Kier alpha value is -2.27. The highest BCUT2D eigenvalue weighted by molar-refractivity contribution is 5.99. The van der Waals surface area contributed by atoms with Crippen LogP contribution in [0.4, 0.5) is 5.69 Å².